The Bertz CT molecular complexity index is 664. The van der Waals surface area contributed by atoms with Gasteiger partial charge in [0.25, 0.3) is 5.91 Å². The van der Waals surface area contributed by atoms with E-state index in [-0.39, 0.29) is 36.0 Å². The predicted octanol–water partition coefficient (Wildman–Crippen LogP) is 1.19. The van der Waals surface area contributed by atoms with Gasteiger partial charge in [0.1, 0.15) is 4.32 Å². The van der Waals surface area contributed by atoms with Crippen LogP contribution < -0.4 is 10.1 Å². The Kier molecular flexibility index (Phi) is 5.50. The van der Waals surface area contributed by atoms with Gasteiger partial charge in [-0.25, -0.2) is 0 Å². The highest BCUT2D eigenvalue weighted by atomic mass is 32.2. The van der Waals surface area contributed by atoms with Gasteiger partial charge in [0.05, 0.1) is 17.8 Å². The van der Waals surface area contributed by atoms with E-state index in [1.165, 1.54) is 35.9 Å². The molecule has 23 heavy (non-hydrogen) atoms. The van der Waals surface area contributed by atoms with Crippen LogP contribution >= 0.6 is 24.0 Å². The number of ether oxygens (including phenoxy) is 1. The van der Waals surface area contributed by atoms with Gasteiger partial charge in [-0.3, -0.25) is 24.6 Å². The lowest BCUT2D eigenvalue weighted by molar-refractivity contribution is -0.385. The fourth-order valence-electron chi connectivity index (χ4n) is 1.95. The van der Waals surface area contributed by atoms with Crippen LogP contribution in [0.3, 0.4) is 0 Å². The van der Waals surface area contributed by atoms with Gasteiger partial charge in [-0.05, 0) is 12.1 Å². The van der Waals surface area contributed by atoms with Crippen LogP contribution in [0.5, 0.6) is 5.75 Å². The average Bonchev–Trinajstić information content (AvgIpc) is 2.85. The van der Waals surface area contributed by atoms with E-state index in [2.05, 4.69) is 5.32 Å². The summed E-state index contributed by atoms with van der Waals surface area (Å²) in [6.45, 7) is 0.472. The number of nitrogens with zero attached hydrogens (tertiary/aromatic N) is 2. The molecule has 0 bridgehead atoms. The van der Waals surface area contributed by atoms with E-state index in [0.29, 0.717) is 10.1 Å². The maximum atomic E-state index is 12.0. The van der Waals surface area contributed by atoms with Gasteiger partial charge in [-0.15, -0.1) is 0 Å². The van der Waals surface area contributed by atoms with Crippen LogP contribution in [0.4, 0.5) is 5.69 Å². The van der Waals surface area contributed by atoms with Gasteiger partial charge < -0.3 is 10.1 Å². The van der Waals surface area contributed by atoms with Crippen molar-refractivity contribution >= 4 is 45.8 Å². The molecule has 0 aromatic heterocycles. The fraction of sp³-hybridized carbons (Fsp3) is 0.308. The first kappa shape index (κ1) is 17.2. The molecule has 2 amide bonds. The van der Waals surface area contributed by atoms with E-state index in [1.807, 2.05) is 0 Å². The van der Waals surface area contributed by atoms with Crippen molar-refractivity contribution in [3.05, 3.63) is 33.9 Å². The monoisotopic (exact) mass is 355 g/mol. The molecular weight excluding hydrogens is 342 g/mol. The summed E-state index contributed by atoms with van der Waals surface area (Å²) in [5, 5.41) is 13.6. The standard InChI is InChI=1S/C13H13N3O5S2/c1-21-10-3-2-8(6-9(10)16(19)20)12(18)14-4-5-15-11(17)7-23-13(15)22/h2-3,6H,4-5,7H2,1H3,(H,14,18). The van der Waals surface area contributed by atoms with Gasteiger partial charge in [0.15, 0.2) is 5.75 Å². The SMILES string of the molecule is COc1ccc(C(=O)NCCN2C(=O)CSC2=S)cc1[N+](=O)[O-]. The first-order chi connectivity index (χ1) is 10.9. The minimum atomic E-state index is -0.617. The molecule has 0 unspecified atom stereocenters. The van der Waals surface area contributed by atoms with Crippen LogP contribution in [-0.2, 0) is 4.79 Å². The quantitative estimate of drug-likeness (QED) is 0.465. The van der Waals surface area contributed by atoms with E-state index >= 15 is 0 Å². The summed E-state index contributed by atoms with van der Waals surface area (Å²) >= 11 is 6.31. The lowest BCUT2D eigenvalue weighted by Crippen LogP contribution is -2.37. The van der Waals surface area contributed by atoms with E-state index in [4.69, 9.17) is 17.0 Å². The van der Waals surface area contributed by atoms with Crippen molar-refractivity contribution in [2.24, 2.45) is 0 Å². The zero-order valence-electron chi connectivity index (χ0n) is 12.1. The Morgan fingerprint density at radius 1 is 1.57 bits per heavy atom. The number of benzene rings is 1. The molecule has 0 radical (unpaired) electrons. The lowest BCUT2D eigenvalue weighted by Gasteiger charge is -2.15. The Labute approximate surface area is 141 Å². The molecule has 1 aromatic carbocycles. The van der Waals surface area contributed by atoms with Crippen molar-refractivity contribution in [1.82, 2.24) is 10.2 Å². The Balaban J connectivity index is 1.98. The third-order valence-corrected chi connectivity index (χ3v) is 4.53. The number of hydrogen-bond donors (Lipinski definition) is 1. The van der Waals surface area contributed by atoms with Gasteiger partial charge in [0.2, 0.25) is 5.91 Å². The number of thiocarbonyl (C=S) groups is 1. The molecule has 1 fully saturated rings. The first-order valence-electron chi connectivity index (χ1n) is 6.51. The number of carbonyl (C=O) groups is 2. The van der Waals surface area contributed by atoms with Crippen molar-refractivity contribution in [2.45, 2.75) is 0 Å². The van der Waals surface area contributed by atoms with E-state index in [1.54, 1.807) is 0 Å². The van der Waals surface area contributed by atoms with E-state index < -0.39 is 10.8 Å². The molecule has 1 N–H and O–H groups in total. The normalized spacial score (nSPS) is 14.0. The molecular formula is C13H13N3O5S2. The zero-order chi connectivity index (χ0) is 17.0. The number of nitro groups is 1. The summed E-state index contributed by atoms with van der Waals surface area (Å²) in [7, 11) is 1.32. The number of rotatable bonds is 6. The van der Waals surface area contributed by atoms with Crippen molar-refractivity contribution < 1.29 is 19.2 Å². The summed E-state index contributed by atoms with van der Waals surface area (Å²) in [5.74, 6) is -0.163. The number of nitrogens with one attached hydrogen (secondary N) is 1. The molecule has 0 atom stereocenters. The maximum Gasteiger partial charge on any atom is 0.311 e. The second-order valence-electron chi connectivity index (χ2n) is 4.50. The lowest BCUT2D eigenvalue weighted by atomic mass is 10.1. The minimum Gasteiger partial charge on any atom is -0.490 e. The highest BCUT2D eigenvalue weighted by Gasteiger charge is 2.26. The maximum absolute atomic E-state index is 12.0. The predicted molar refractivity (Wildman–Crippen MR) is 88.8 cm³/mol. The number of methoxy groups -OCH3 is 1. The van der Waals surface area contributed by atoms with Crippen LogP contribution in [-0.4, -0.2) is 51.9 Å². The molecule has 2 rings (SSSR count). The highest BCUT2D eigenvalue weighted by Crippen LogP contribution is 2.27. The topological polar surface area (TPSA) is 102 Å². The molecule has 1 saturated heterocycles. The van der Waals surface area contributed by atoms with E-state index in [0.717, 1.165) is 6.07 Å². The van der Waals surface area contributed by atoms with Crippen molar-refractivity contribution in [1.29, 1.82) is 0 Å². The molecule has 0 aliphatic carbocycles. The Hall–Kier alpha value is -2.20. The number of thioether (sulfide) groups is 1. The van der Waals surface area contributed by atoms with E-state index in [9.17, 15) is 19.7 Å². The number of amides is 2. The summed E-state index contributed by atoms with van der Waals surface area (Å²) < 4.78 is 5.37. The van der Waals surface area contributed by atoms with Crippen LogP contribution in [0.1, 0.15) is 10.4 Å². The van der Waals surface area contributed by atoms with Crippen molar-refractivity contribution in [3.63, 3.8) is 0 Å². The molecule has 1 aliphatic heterocycles. The van der Waals surface area contributed by atoms with Crippen LogP contribution in [0.2, 0.25) is 0 Å². The van der Waals surface area contributed by atoms with Crippen molar-refractivity contribution in [2.75, 3.05) is 26.0 Å². The van der Waals surface area contributed by atoms with Gasteiger partial charge in [-0.1, -0.05) is 24.0 Å². The molecule has 1 aromatic rings. The van der Waals surface area contributed by atoms with Gasteiger partial charge >= 0.3 is 5.69 Å². The average molecular weight is 355 g/mol. The number of hydrogen-bond acceptors (Lipinski definition) is 7. The second-order valence-corrected chi connectivity index (χ2v) is 6.11. The molecule has 1 aliphatic rings. The van der Waals surface area contributed by atoms with Crippen LogP contribution in [0.15, 0.2) is 18.2 Å². The number of nitro benzene ring substituents is 1. The third kappa shape index (κ3) is 3.96. The summed E-state index contributed by atoms with van der Waals surface area (Å²) in [6, 6.07) is 3.95. The van der Waals surface area contributed by atoms with Crippen LogP contribution in [0.25, 0.3) is 0 Å². The molecule has 122 valence electrons. The zero-order valence-corrected chi connectivity index (χ0v) is 13.7. The summed E-state index contributed by atoms with van der Waals surface area (Å²) in [5.41, 5.74) is -0.144. The summed E-state index contributed by atoms with van der Waals surface area (Å²) in [6.07, 6.45) is 0. The Morgan fingerprint density at radius 3 is 2.87 bits per heavy atom. The third-order valence-electron chi connectivity index (χ3n) is 3.10. The molecule has 8 nitrogen and oxygen atoms in total. The highest BCUT2D eigenvalue weighted by molar-refractivity contribution is 8.23. The van der Waals surface area contributed by atoms with Gasteiger partial charge in [0, 0.05) is 24.7 Å². The molecule has 0 saturated carbocycles. The van der Waals surface area contributed by atoms with Crippen LogP contribution in [0, 0.1) is 10.1 Å². The molecule has 0 spiro atoms. The fourth-order valence-corrected chi connectivity index (χ4v) is 3.08. The minimum absolute atomic E-state index is 0.0802. The molecule has 1 heterocycles. The first-order valence-corrected chi connectivity index (χ1v) is 7.91. The van der Waals surface area contributed by atoms with Gasteiger partial charge in [-0.2, -0.15) is 0 Å². The van der Waals surface area contributed by atoms with Crippen molar-refractivity contribution in [3.8, 4) is 5.75 Å². The Morgan fingerprint density at radius 2 is 2.30 bits per heavy atom. The molecule has 10 heteroatoms. The number of carbonyl (C=O) groups excluding carboxylic acids is 2. The smallest absolute Gasteiger partial charge is 0.311 e. The second kappa shape index (κ2) is 7.38. The largest absolute Gasteiger partial charge is 0.490 e. The summed E-state index contributed by atoms with van der Waals surface area (Å²) in [4.78, 5) is 35.3.